The van der Waals surface area contributed by atoms with Crippen molar-refractivity contribution < 1.29 is 0 Å². The first-order valence-corrected chi connectivity index (χ1v) is 5.07. The van der Waals surface area contributed by atoms with Crippen LogP contribution >= 0.6 is 11.3 Å². The second kappa shape index (κ2) is 2.83. The van der Waals surface area contributed by atoms with Crippen molar-refractivity contribution >= 4 is 11.3 Å². The van der Waals surface area contributed by atoms with E-state index >= 15 is 0 Å². The maximum atomic E-state index is 6.05. The first-order chi connectivity index (χ1) is 5.68. The fourth-order valence-corrected chi connectivity index (χ4v) is 3.05. The van der Waals surface area contributed by atoms with Crippen molar-refractivity contribution in [1.29, 1.82) is 0 Å². The van der Waals surface area contributed by atoms with E-state index in [-0.39, 0.29) is 6.04 Å². The maximum absolute atomic E-state index is 6.05. The fraction of sp³-hybridized carbons (Fsp3) is 0.556. The molecule has 0 aromatic carbocycles. The Bertz CT molecular complexity index is 293. The lowest BCUT2D eigenvalue weighted by molar-refractivity contribution is 0.287. The van der Waals surface area contributed by atoms with Gasteiger partial charge in [0.05, 0.1) is 0 Å². The highest BCUT2D eigenvalue weighted by Gasteiger charge is 2.22. The van der Waals surface area contributed by atoms with Crippen molar-refractivity contribution in [2.75, 3.05) is 13.6 Å². The number of hydrogen-bond donors (Lipinski definition) is 1. The van der Waals surface area contributed by atoms with Crippen LogP contribution in [0.15, 0.2) is 5.38 Å². The molecule has 66 valence electrons. The molecule has 1 atom stereocenters. The van der Waals surface area contributed by atoms with Gasteiger partial charge in [0, 0.05) is 24.0 Å². The van der Waals surface area contributed by atoms with Gasteiger partial charge in [0.2, 0.25) is 0 Å². The molecule has 0 spiro atoms. The predicted molar refractivity (Wildman–Crippen MR) is 52.3 cm³/mol. The molecule has 1 aromatic rings. The molecule has 2 rings (SSSR count). The van der Waals surface area contributed by atoms with Crippen molar-refractivity contribution in [3.63, 3.8) is 0 Å². The third kappa shape index (κ3) is 1.18. The van der Waals surface area contributed by atoms with E-state index in [1.165, 1.54) is 16.0 Å². The molecule has 0 aliphatic carbocycles. The summed E-state index contributed by atoms with van der Waals surface area (Å²) in [7, 11) is 2.12. The molecule has 0 amide bonds. The van der Waals surface area contributed by atoms with E-state index in [0.29, 0.717) is 0 Å². The van der Waals surface area contributed by atoms with Crippen molar-refractivity contribution in [1.82, 2.24) is 4.90 Å². The fourth-order valence-electron chi connectivity index (χ4n) is 1.86. The van der Waals surface area contributed by atoms with Crippen LogP contribution in [0.2, 0.25) is 0 Å². The molecule has 0 saturated carbocycles. The number of aryl methyl sites for hydroxylation is 1. The highest BCUT2D eigenvalue weighted by Crippen LogP contribution is 2.31. The number of rotatable bonds is 0. The minimum atomic E-state index is 0.227. The first kappa shape index (κ1) is 8.23. The highest BCUT2D eigenvalue weighted by atomic mass is 32.1. The predicted octanol–water partition coefficient (Wildman–Crippen LogP) is 1.50. The van der Waals surface area contributed by atoms with Crippen LogP contribution in [0.3, 0.4) is 0 Å². The topological polar surface area (TPSA) is 29.3 Å². The van der Waals surface area contributed by atoms with Gasteiger partial charge in [-0.05, 0) is 30.5 Å². The average molecular weight is 182 g/mol. The number of nitrogens with two attached hydrogens (primary N) is 1. The Hall–Kier alpha value is -0.380. The van der Waals surface area contributed by atoms with Gasteiger partial charge in [-0.3, -0.25) is 4.90 Å². The van der Waals surface area contributed by atoms with Crippen LogP contribution in [-0.2, 0) is 6.54 Å². The molecule has 0 fully saturated rings. The number of fused-ring (bicyclic) bond motifs is 1. The number of hydrogen-bond acceptors (Lipinski definition) is 3. The van der Waals surface area contributed by atoms with E-state index in [0.717, 1.165) is 13.1 Å². The molecule has 0 saturated heterocycles. The summed E-state index contributed by atoms with van der Waals surface area (Å²) < 4.78 is 0. The molecule has 2 heterocycles. The Kier molecular flexibility index (Phi) is 1.94. The van der Waals surface area contributed by atoms with E-state index in [1.54, 1.807) is 0 Å². The van der Waals surface area contributed by atoms with Gasteiger partial charge in [0.15, 0.2) is 0 Å². The zero-order valence-electron chi connectivity index (χ0n) is 7.50. The van der Waals surface area contributed by atoms with Crippen molar-refractivity contribution in [2.45, 2.75) is 19.5 Å². The van der Waals surface area contributed by atoms with E-state index < -0.39 is 0 Å². The molecule has 12 heavy (non-hydrogen) atoms. The summed E-state index contributed by atoms with van der Waals surface area (Å²) in [6.45, 7) is 4.21. The van der Waals surface area contributed by atoms with Gasteiger partial charge in [-0.25, -0.2) is 0 Å². The normalized spacial score (nSPS) is 24.1. The molecule has 1 unspecified atom stereocenters. The molecule has 1 aromatic heterocycles. The van der Waals surface area contributed by atoms with Crippen LogP contribution < -0.4 is 5.73 Å². The third-order valence-electron chi connectivity index (χ3n) is 2.40. The first-order valence-electron chi connectivity index (χ1n) is 4.19. The summed E-state index contributed by atoms with van der Waals surface area (Å²) in [4.78, 5) is 3.73. The van der Waals surface area contributed by atoms with E-state index in [2.05, 4.69) is 24.3 Å². The zero-order chi connectivity index (χ0) is 8.72. The lowest BCUT2D eigenvalue weighted by Crippen LogP contribution is -2.33. The van der Waals surface area contributed by atoms with Crippen LogP contribution in [0.1, 0.15) is 22.0 Å². The molecular weight excluding hydrogens is 168 g/mol. The quantitative estimate of drug-likeness (QED) is 0.659. The molecular formula is C9H14N2S. The van der Waals surface area contributed by atoms with Crippen LogP contribution in [0.25, 0.3) is 0 Å². The lowest BCUT2D eigenvalue weighted by atomic mass is 10.0. The SMILES string of the molecule is Cc1csc2c1C(N)CN(C)C2. The summed E-state index contributed by atoms with van der Waals surface area (Å²) in [6.07, 6.45) is 0. The molecule has 1 aliphatic heterocycles. The van der Waals surface area contributed by atoms with Gasteiger partial charge in [0.25, 0.3) is 0 Å². The summed E-state index contributed by atoms with van der Waals surface area (Å²) in [5, 5.41) is 2.21. The van der Waals surface area contributed by atoms with E-state index in [9.17, 15) is 0 Å². The average Bonchev–Trinajstić information content (AvgIpc) is 2.31. The van der Waals surface area contributed by atoms with E-state index in [4.69, 9.17) is 5.73 Å². The number of nitrogens with zero attached hydrogens (tertiary/aromatic N) is 1. The molecule has 0 bridgehead atoms. The zero-order valence-corrected chi connectivity index (χ0v) is 8.32. The second-order valence-electron chi connectivity index (χ2n) is 3.56. The summed E-state index contributed by atoms with van der Waals surface area (Å²) in [5.74, 6) is 0. The number of likely N-dealkylation sites (N-methyl/N-ethyl adjacent to an activating group) is 1. The van der Waals surface area contributed by atoms with Crippen molar-refractivity contribution in [2.24, 2.45) is 5.73 Å². The molecule has 2 nitrogen and oxygen atoms in total. The second-order valence-corrected chi connectivity index (χ2v) is 4.52. The van der Waals surface area contributed by atoms with Gasteiger partial charge in [0.1, 0.15) is 0 Å². The Balaban J connectivity index is 2.43. The Labute approximate surface area is 77.0 Å². The molecule has 3 heteroatoms. The van der Waals surface area contributed by atoms with Crippen molar-refractivity contribution in [3.8, 4) is 0 Å². The molecule has 0 radical (unpaired) electrons. The standard InChI is InChI=1S/C9H14N2S/c1-6-5-12-8-4-11(2)3-7(10)9(6)8/h5,7H,3-4,10H2,1-2H3. The lowest BCUT2D eigenvalue weighted by Gasteiger charge is -2.27. The summed E-state index contributed by atoms with van der Waals surface area (Å²) in [5.41, 5.74) is 8.82. The van der Waals surface area contributed by atoms with Gasteiger partial charge in [-0.15, -0.1) is 11.3 Å². The third-order valence-corrected chi connectivity index (χ3v) is 3.50. The van der Waals surface area contributed by atoms with E-state index in [1.807, 2.05) is 11.3 Å². The van der Waals surface area contributed by atoms with Crippen LogP contribution in [0.4, 0.5) is 0 Å². The molecule has 1 aliphatic rings. The molecule has 2 N–H and O–H groups in total. The maximum Gasteiger partial charge on any atom is 0.0438 e. The minimum absolute atomic E-state index is 0.227. The van der Waals surface area contributed by atoms with Gasteiger partial charge in [-0.2, -0.15) is 0 Å². The van der Waals surface area contributed by atoms with Gasteiger partial charge in [-0.1, -0.05) is 0 Å². The van der Waals surface area contributed by atoms with Crippen LogP contribution in [0, 0.1) is 6.92 Å². The largest absolute Gasteiger partial charge is 0.323 e. The smallest absolute Gasteiger partial charge is 0.0438 e. The summed E-state index contributed by atoms with van der Waals surface area (Å²) >= 11 is 1.84. The van der Waals surface area contributed by atoms with Gasteiger partial charge >= 0.3 is 0 Å². The van der Waals surface area contributed by atoms with Crippen LogP contribution in [-0.4, -0.2) is 18.5 Å². The van der Waals surface area contributed by atoms with Crippen molar-refractivity contribution in [3.05, 3.63) is 21.4 Å². The van der Waals surface area contributed by atoms with Crippen LogP contribution in [0.5, 0.6) is 0 Å². The summed E-state index contributed by atoms with van der Waals surface area (Å²) in [6, 6.07) is 0.227. The monoisotopic (exact) mass is 182 g/mol. The van der Waals surface area contributed by atoms with Gasteiger partial charge < -0.3 is 5.73 Å². The number of thiophene rings is 1. The minimum Gasteiger partial charge on any atom is -0.323 e. The Morgan fingerprint density at radius 3 is 3.17 bits per heavy atom. The Morgan fingerprint density at radius 1 is 1.67 bits per heavy atom. The highest BCUT2D eigenvalue weighted by molar-refractivity contribution is 7.10. The Morgan fingerprint density at radius 2 is 2.42 bits per heavy atom.